The summed E-state index contributed by atoms with van der Waals surface area (Å²) < 4.78 is 14.9. The molecule has 0 aromatic heterocycles. The van der Waals surface area contributed by atoms with Gasteiger partial charge in [0.1, 0.15) is 5.82 Å². The lowest BCUT2D eigenvalue weighted by Crippen LogP contribution is -2.27. The molecule has 2 aromatic carbocycles. The first-order valence-electron chi connectivity index (χ1n) is 7.28. The molecule has 0 heterocycles. The van der Waals surface area contributed by atoms with Crippen LogP contribution in [0.5, 0.6) is 0 Å². The minimum Gasteiger partial charge on any atom is -0.341 e. The van der Waals surface area contributed by atoms with E-state index in [2.05, 4.69) is 15.9 Å². The lowest BCUT2D eigenvalue weighted by Gasteiger charge is -2.17. The van der Waals surface area contributed by atoms with E-state index in [1.54, 1.807) is 24.1 Å². The Morgan fingerprint density at radius 2 is 1.83 bits per heavy atom. The number of hydrogen-bond acceptors (Lipinski definition) is 3. The Morgan fingerprint density at radius 3 is 2.42 bits per heavy atom. The third-order valence-electron chi connectivity index (χ3n) is 3.45. The SMILES string of the molecule is CC(=O)c1ccc(SCC(=O)N(C)Cc2ccc(Br)cc2)c(F)c1. The lowest BCUT2D eigenvalue weighted by atomic mass is 10.1. The van der Waals surface area contributed by atoms with Gasteiger partial charge in [-0.3, -0.25) is 9.59 Å². The van der Waals surface area contributed by atoms with Gasteiger partial charge in [0.25, 0.3) is 0 Å². The predicted molar refractivity (Wildman–Crippen MR) is 97.7 cm³/mol. The number of halogens is 2. The Hall–Kier alpha value is -1.66. The van der Waals surface area contributed by atoms with Crippen molar-refractivity contribution in [1.29, 1.82) is 0 Å². The van der Waals surface area contributed by atoms with Gasteiger partial charge in [-0.05, 0) is 36.8 Å². The molecule has 0 saturated heterocycles. The van der Waals surface area contributed by atoms with Gasteiger partial charge in [-0.2, -0.15) is 0 Å². The zero-order valence-electron chi connectivity index (χ0n) is 13.4. The van der Waals surface area contributed by atoms with E-state index in [9.17, 15) is 14.0 Å². The molecule has 0 aliphatic rings. The second-order valence-electron chi connectivity index (χ2n) is 5.37. The molecule has 0 aliphatic heterocycles. The van der Waals surface area contributed by atoms with Crippen LogP contribution < -0.4 is 0 Å². The van der Waals surface area contributed by atoms with Crippen LogP contribution in [0.1, 0.15) is 22.8 Å². The van der Waals surface area contributed by atoms with Crippen molar-refractivity contribution in [3.05, 3.63) is 63.9 Å². The molecule has 2 rings (SSSR count). The van der Waals surface area contributed by atoms with Gasteiger partial charge >= 0.3 is 0 Å². The first-order valence-corrected chi connectivity index (χ1v) is 9.06. The molecule has 0 saturated carbocycles. The minimum absolute atomic E-state index is 0.0852. The first-order chi connectivity index (χ1) is 11.4. The Morgan fingerprint density at radius 1 is 1.17 bits per heavy atom. The number of nitrogens with zero attached hydrogens (tertiary/aromatic N) is 1. The van der Waals surface area contributed by atoms with Gasteiger partial charge in [-0.25, -0.2) is 4.39 Å². The number of rotatable bonds is 6. The summed E-state index contributed by atoms with van der Waals surface area (Å²) >= 11 is 4.50. The summed E-state index contributed by atoms with van der Waals surface area (Å²) in [5.41, 5.74) is 1.35. The van der Waals surface area contributed by atoms with E-state index in [0.29, 0.717) is 17.0 Å². The van der Waals surface area contributed by atoms with Gasteiger partial charge in [-0.15, -0.1) is 11.8 Å². The molecule has 0 fully saturated rings. The van der Waals surface area contributed by atoms with Crippen molar-refractivity contribution in [2.45, 2.75) is 18.4 Å². The molecule has 0 spiro atoms. The molecule has 1 amide bonds. The van der Waals surface area contributed by atoms with Gasteiger partial charge in [0.05, 0.1) is 5.75 Å². The van der Waals surface area contributed by atoms with E-state index in [1.807, 2.05) is 24.3 Å². The first kappa shape index (κ1) is 18.7. The van der Waals surface area contributed by atoms with Crippen LogP contribution in [0.15, 0.2) is 51.8 Å². The largest absolute Gasteiger partial charge is 0.341 e. The quantitative estimate of drug-likeness (QED) is 0.518. The van der Waals surface area contributed by atoms with Crippen LogP contribution in [0.4, 0.5) is 4.39 Å². The minimum atomic E-state index is -0.476. The maximum atomic E-state index is 13.9. The molecule has 2 aromatic rings. The maximum absolute atomic E-state index is 13.9. The van der Waals surface area contributed by atoms with Crippen LogP contribution in [0.3, 0.4) is 0 Å². The summed E-state index contributed by atoms with van der Waals surface area (Å²) in [6.45, 7) is 1.89. The zero-order chi connectivity index (χ0) is 17.7. The molecular formula is C18H17BrFNO2S. The fourth-order valence-electron chi connectivity index (χ4n) is 2.04. The number of carbonyl (C=O) groups is 2. The highest BCUT2D eigenvalue weighted by atomic mass is 79.9. The maximum Gasteiger partial charge on any atom is 0.232 e. The van der Waals surface area contributed by atoms with Gasteiger partial charge in [0.2, 0.25) is 5.91 Å². The summed E-state index contributed by atoms with van der Waals surface area (Å²) in [6.07, 6.45) is 0. The third kappa shape index (κ3) is 5.18. The molecule has 0 radical (unpaired) electrons. The molecule has 0 atom stereocenters. The lowest BCUT2D eigenvalue weighted by molar-refractivity contribution is -0.127. The summed E-state index contributed by atoms with van der Waals surface area (Å²) in [4.78, 5) is 25.4. The summed E-state index contributed by atoms with van der Waals surface area (Å²) in [6, 6.07) is 12.1. The molecule has 24 heavy (non-hydrogen) atoms. The van der Waals surface area contributed by atoms with Crippen LogP contribution in [0.2, 0.25) is 0 Å². The predicted octanol–water partition coefficient (Wildman–Crippen LogP) is 4.54. The number of carbonyl (C=O) groups excluding carboxylic acids is 2. The average Bonchev–Trinajstić information content (AvgIpc) is 2.55. The molecule has 3 nitrogen and oxygen atoms in total. The van der Waals surface area contributed by atoms with Crippen LogP contribution in [-0.2, 0) is 11.3 Å². The summed E-state index contributed by atoms with van der Waals surface area (Å²) in [5, 5.41) is 0. The molecule has 6 heteroatoms. The Kier molecular flexibility index (Phi) is 6.57. The molecule has 0 unspecified atom stereocenters. The van der Waals surface area contributed by atoms with E-state index < -0.39 is 5.82 Å². The summed E-state index contributed by atoms with van der Waals surface area (Å²) in [7, 11) is 1.72. The third-order valence-corrected chi connectivity index (χ3v) is 5.01. The van der Waals surface area contributed by atoms with Crippen molar-refractivity contribution < 1.29 is 14.0 Å². The molecule has 0 bridgehead atoms. The van der Waals surface area contributed by atoms with Gasteiger partial charge in [0, 0.05) is 28.5 Å². The molecule has 0 N–H and O–H groups in total. The van der Waals surface area contributed by atoms with Gasteiger partial charge < -0.3 is 4.90 Å². The fraction of sp³-hybridized carbons (Fsp3) is 0.222. The van der Waals surface area contributed by atoms with Crippen molar-refractivity contribution in [3.63, 3.8) is 0 Å². The van der Waals surface area contributed by atoms with Crippen LogP contribution in [0, 0.1) is 5.82 Å². The highest BCUT2D eigenvalue weighted by Crippen LogP contribution is 2.23. The van der Waals surface area contributed by atoms with Gasteiger partial charge in [-0.1, -0.05) is 34.1 Å². The van der Waals surface area contributed by atoms with Crippen LogP contribution >= 0.6 is 27.7 Å². The van der Waals surface area contributed by atoms with Crippen LogP contribution in [0.25, 0.3) is 0 Å². The van der Waals surface area contributed by atoms with E-state index in [-0.39, 0.29) is 17.4 Å². The zero-order valence-corrected chi connectivity index (χ0v) is 15.8. The number of ketones is 1. The standard InChI is InChI=1S/C18H17BrFNO2S/c1-12(22)14-5-8-17(16(20)9-14)24-11-18(23)21(2)10-13-3-6-15(19)7-4-13/h3-9H,10-11H2,1-2H3. The average molecular weight is 410 g/mol. The highest BCUT2D eigenvalue weighted by molar-refractivity contribution is 9.10. The van der Waals surface area contributed by atoms with E-state index in [1.165, 1.54) is 13.0 Å². The summed E-state index contributed by atoms with van der Waals surface area (Å²) in [5.74, 6) is -0.603. The topological polar surface area (TPSA) is 37.4 Å². The van der Waals surface area contributed by atoms with Crippen molar-refractivity contribution in [1.82, 2.24) is 4.90 Å². The molecular weight excluding hydrogens is 393 g/mol. The van der Waals surface area contributed by atoms with Crippen LogP contribution in [-0.4, -0.2) is 29.4 Å². The number of hydrogen-bond donors (Lipinski definition) is 0. The Labute approximate surface area is 153 Å². The van der Waals surface area contributed by atoms with Gasteiger partial charge in [0.15, 0.2) is 5.78 Å². The Balaban J connectivity index is 1.92. The second kappa shape index (κ2) is 8.44. The molecule has 126 valence electrons. The normalized spacial score (nSPS) is 10.5. The Bertz CT molecular complexity index is 749. The van der Waals surface area contributed by atoms with E-state index in [0.717, 1.165) is 21.8 Å². The molecule has 0 aliphatic carbocycles. The van der Waals surface area contributed by atoms with E-state index in [4.69, 9.17) is 0 Å². The number of thioether (sulfide) groups is 1. The fourth-order valence-corrected chi connectivity index (χ4v) is 3.16. The van der Waals surface area contributed by atoms with Crippen molar-refractivity contribution in [2.75, 3.05) is 12.8 Å². The van der Waals surface area contributed by atoms with Crippen molar-refractivity contribution in [2.24, 2.45) is 0 Å². The monoisotopic (exact) mass is 409 g/mol. The number of Topliss-reactive ketones (excluding diaryl/α,β-unsaturated/α-hetero) is 1. The second-order valence-corrected chi connectivity index (χ2v) is 7.30. The number of benzene rings is 2. The van der Waals surface area contributed by atoms with Crippen molar-refractivity contribution in [3.8, 4) is 0 Å². The smallest absolute Gasteiger partial charge is 0.232 e. The van der Waals surface area contributed by atoms with E-state index >= 15 is 0 Å². The number of amides is 1. The van der Waals surface area contributed by atoms with Crippen molar-refractivity contribution >= 4 is 39.4 Å². The highest BCUT2D eigenvalue weighted by Gasteiger charge is 2.13.